The second kappa shape index (κ2) is 8.65. The highest BCUT2D eigenvalue weighted by molar-refractivity contribution is 7.99. The lowest BCUT2D eigenvalue weighted by Crippen LogP contribution is -2.38. The van der Waals surface area contributed by atoms with Crippen LogP contribution in [0.15, 0.2) is 37.3 Å². The number of carbonyl (C=O) groups is 1. The van der Waals surface area contributed by atoms with Crippen LogP contribution in [0.5, 0.6) is 5.75 Å². The molecule has 0 spiro atoms. The van der Waals surface area contributed by atoms with Crippen LogP contribution in [0.3, 0.4) is 0 Å². The van der Waals surface area contributed by atoms with Crippen molar-refractivity contribution >= 4 is 29.0 Å². The minimum atomic E-state index is -0.721. The van der Waals surface area contributed by atoms with Gasteiger partial charge >= 0.3 is 0 Å². The Morgan fingerprint density at radius 3 is 2.90 bits per heavy atom. The summed E-state index contributed by atoms with van der Waals surface area (Å²) in [6.45, 7) is 1.77. The van der Waals surface area contributed by atoms with Crippen LogP contribution in [0.4, 0.5) is 0 Å². The van der Waals surface area contributed by atoms with E-state index in [1.165, 1.54) is 17.4 Å². The summed E-state index contributed by atoms with van der Waals surface area (Å²) in [5.74, 6) is 2.42. The molecule has 3 aromatic heterocycles. The Bertz CT molecular complexity index is 1080. The van der Waals surface area contributed by atoms with E-state index in [9.17, 15) is 14.7 Å². The molecule has 2 N–H and O–H groups in total. The zero-order valence-corrected chi connectivity index (χ0v) is 18.0. The Kier molecular flexibility index (Phi) is 5.96. The Hall–Kier alpha value is -2.59. The maximum Gasteiger partial charge on any atom is 0.246 e. The summed E-state index contributed by atoms with van der Waals surface area (Å²) in [6, 6.07) is 5.05. The van der Waals surface area contributed by atoms with Crippen LogP contribution in [-0.4, -0.2) is 32.7 Å². The van der Waals surface area contributed by atoms with E-state index in [4.69, 9.17) is 8.94 Å². The molecule has 1 amide bonds. The maximum atomic E-state index is 12.8. The first kappa shape index (κ1) is 20.7. The zero-order valence-electron chi connectivity index (χ0n) is 16.3. The van der Waals surface area contributed by atoms with Crippen molar-refractivity contribution in [3.05, 3.63) is 51.2 Å². The Balaban J connectivity index is 1.49. The summed E-state index contributed by atoms with van der Waals surface area (Å²) < 4.78 is 11.0. The molecular formula is C20H21N3O5S2. The number of aromatic nitrogens is 2. The van der Waals surface area contributed by atoms with E-state index < -0.39 is 16.6 Å². The smallest absolute Gasteiger partial charge is 0.246 e. The van der Waals surface area contributed by atoms with Gasteiger partial charge in [0.1, 0.15) is 5.76 Å². The van der Waals surface area contributed by atoms with Crippen molar-refractivity contribution in [3.63, 3.8) is 0 Å². The SMILES string of the molecule is Cc1cc(=O)c(O)c(C2(CC(=O)NCc3nc(-c4cccs4)no3)CCSCC2)o1. The molecule has 1 aliphatic heterocycles. The van der Waals surface area contributed by atoms with Gasteiger partial charge in [0.05, 0.1) is 11.4 Å². The van der Waals surface area contributed by atoms with Crippen LogP contribution >= 0.6 is 23.1 Å². The molecule has 0 unspecified atom stereocenters. The van der Waals surface area contributed by atoms with Crippen LogP contribution in [0.25, 0.3) is 10.7 Å². The fourth-order valence-electron chi connectivity index (χ4n) is 3.59. The predicted octanol–water partition coefficient (Wildman–Crippen LogP) is 3.24. The number of nitrogens with zero attached hydrogens (tertiary/aromatic N) is 2. The van der Waals surface area contributed by atoms with Gasteiger partial charge in [0, 0.05) is 17.9 Å². The fraction of sp³-hybridized carbons (Fsp3) is 0.400. The molecule has 10 heteroatoms. The molecule has 158 valence electrons. The Morgan fingerprint density at radius 1 is 1.37 bits per heavy atom. The van der Waals surface area contributed by atoms with Crippen molar-refractivity contribution in [1.29, 1.82) is 0 Å². The average Bonchev–Trinajstić information content (AvgIpc) is 3.41. The molecule has 30 heavy (non-hydrogen) atoms. The number of thioether (sulfide) groups is 1. The largest absolute Gasteiger partial charge is 0.502 e. The first-order chi connectivity index (χ1) is 14.5. The number of hydrogen-bond donors (Lipinski definition) is 2. The van der Waals surface area contributed by atoms with E-state index in [2.05, 4.69) is 15.5 Å². The number of carbonyl (C=O) groups excluding carboxylic acids is 1. The van der Waals surface area contributed by atoms with Crippen LogP contribution < -0.4 is 10.7 Å². The summed E-state index contributed by atoms with van der Waals surface area (Å²) in [4.78, 5) is 30.1. The predicted molar refractivity (Wildman–Crippen MR) is 114 cm³/mol. The van der Waals surface area contributed by atoms with Crippen molar-refractivity contribution in [3.8, 4) is 16.5 Å². The van der Waals surface area contributed by atoms with Crippen molar-refractivity contribution in [2.75, 3.05) is 11.5 Å². The molecule has 0 atom stereocenters. The van der Waals surface area contributed by atoms with Gasteiger partial charge in [0.25, 0.3) is 0 Å². The molecule has 0 aromatic carbocycles. The molecule has 0 radical (unpaired) electrons. The molecule has 4 heterocycles. The number of rotatable bonds is 6. The van der Waals surface area contributed by atoms with E-state index in [1.807, 2.05) is 17.5 Å². The van der Waals surface area contributed by atoms with Gasteiger partial charge in [-0.05, 0) is 42.7 Å². The quantitative estimate of drug-likeness (QED) is 0.591. The lowest BCUT2D eigenvalue weighted by atomic mass is 9.75. The third-order valence-corrected chi connectivity index (χ3v) is 6.97. The van der Waals surface area contributed by atoms with Gasteiger partial charge in [0.2, 0.25) is 28.8 Å². The second-order valence-electron chi connectivity index (χ2n) is 7.23. The molecule has 8 nitrogen and oxygen atoms in total. The number of thiophene rings is 1. The summed E-state index contributed by atoms with van der Waals surface area (Å²) in [5.41, 5.74) is -1.21. The first-order valence-corrected chi connectivity index (χ1v) is 11.6. The lowest BCUT2D eigenvalue weighted by molar-refractivity contribution is -0.123. The summed E-state index contributed by atoms with van der Waals surface area (Å²) in [7, 11) is 0. The van der Waals surface area contributed by atoms with Gasteiger partial charge in [0.15, 0.2) is 5.76 Å². The molecule has 1 saturated heterocycles. The average molecular weight is 448 g/mol. The van der Waals surface area contributed by atoms with E-state index in [0.717, 1.165) is 16.4 Å². The van der Waals surface area contributed by atoms with Crippen molar-refractivity contribution in [2.45, 2.75) is 38.1 Å². The van der Waals surface area contributed by atoms with Gasteiger partial charge in [-0.1, -0.05) is 11.2 Å². The number of nitrogens with one attached hydrogen (secondary N) is 1. The molecule has 3 aromatic rings. The Morgan fingerprint density at radius 2 is 2.17 bits per heavy atom. The van der Waals surface area contributed by atoms with Gasteiger partial charge < -0.3 is 19.4 Å². The number of amides is 1. The van der Waals surface area contributed by atoms with E-state index in [-0.39, 0.29) is 24.6 Å². The molecule has 4 rings (SSSR count). The minimum Gasteiger partial charge on any atom is -0.502 e. The van der Waals surface area contributed by atoms with Gasteiger partial charge in [-0.15, -0.1) is 11.3 Å². The normalized spacial score (nSPS) is 15.8. The monoisotopic (exact) mass is 447 g/mol. The molecule has 0 bridgehead atoms. The van der Waals surface area contributed by atoms with Crippen molar-refractivity contribution < 1.29 is 18.8 Å². The minimum absolute atomic E-state index is 0.0967. The van der Waals surface area contributed by atoms with E-state index in [0.29, 0.717) is 30.3 Å². The molecule has 0 aliphatic carbocycles. The number of aryl methyl sites for hydroxylation is 1. The lowest BCUT2D eigenvalue weighted by Gasteiger charge is -2.35. The number of hydrogen-bond acceptors (Lipinski definition) is 9. The summed E-state index contributed by atoms with van der Waals surface area (Å²) in [5, 5.41) is 19.0. The van der Waals surface area contributed by atoms with Crippen LogP contribution in [0.2, 0.25) is 0 Å². The molecule has 1 aliphatic rings. The Labute approximate surface area is 180 Å². The highest BCUT2D eigenvalue weighted by Crippen LogP contribution is 2.44. The van der Waals surface area contributed by atoms with E-state index in [1.54, 1.807) is 18.7 Å². The fourth-order valence-corrected chi connectivity index (χ4v) is 5.51. The van der Waals surface area contributed by atoms with E-state index >= 15 is 0 Å². The first-order valence-electron chi connectivity index (χ1n) is 9.52. The highest BCUT2D eigenvalue weighted by atomic mass is 32.2. The van der Waals surface area contributed by atoms with Gasteiger partial charge in [-0.25, -0.2) is 0 Å². The van der Waals surface area contributed by atoms with Crippen LogP contribution in [-0.2, 0) is 16.8 Å². The second-order valence-corrected chi connectivity index (χ2v) is 9.41. The van der Waals surface area contributed by atoms with Crippen LogP contribution in [0.1, 0.15) is 36.7 Å². The third-order valence-electron chi connectivity index (χ3n) is 5.12. The highest BCUT2D eigenvalue weighted by Gasteiger charge is 2.41. The van der Waals surface area contributed by atoms with Gasteiger partial charge in [-0.2, -0.15) is 16.7 Å². The molecule has 1 fully saturated rings. The molecular weight excluding hydrogens is 426 g/mol. The summed E-state index contributed by atoms with van der Waals surface area (Å²) >= 11 is 3.28. The zero-order chi connectivity index (χ0) is 21.1. The summed E-state index contributed by atoms with van der Waals surface area (Å²) in [6.07, 6.45) is 1.36. The van der Waals surface area contributed by atoms with Crippen LogP contribution in [0, 0.1) is 6.92 Å². The third kappa shape index (κ3) is 4.29. The van der Waals surface area contributed by atoms with Gasteiger partial charge in [-0.3, -0.25) is 9.59 Å². The van der Waals surface area contributed by atoms with Crippen molar-refractivity contribution in [1.82, 2.24) is 15.5 Å². The van der Waals surface area contributed by atoms with Crippen molar-refractivity contribution in [2.24, 2.45) is 0 Å². The maximum absolute atomic E-state index is 12.8. The topological polar surface area (TPSA) is 118 Å². The molecule has 0 saturated carbocycles. The standard InChI is InChI=1S/C20H21N3O5S2/c1-12-9-13(24)17(26)18(27-12)20(4-7-29-8-5-20)10-15(25)21-11-16-22-19(23-28-16)14-3-2-6-30-14/h2-3,6,9,26H,4-5,7-8,10-11H2,1H3,(H,21,25). The number of aromatic hydroxyl groups is 1.